The second-order valence-corrected chi connectivity index (χ2v) is 29.5. The van der Waals surface area contributed by atoms with Gasteiger partial charge in [-0.25, -0.2) is 55.4 Å². The summed E-state index contributed by atoms with van der Waals surface area (Å²) in [5.41, 5.74) is 25.3. The molecule has 0 atom stereocenters. The molecule has 6 aromatic carbocycles. The number of nitrogens with zero attached hydrogens (tertiary/aromatic N) is 17. The second kappa shape index (κ2) is 34.8. The molecule has 119 heavy (non-hydrogen) atoms. The smallest absolute Gasteiger partial charge is 0.155 e. The van der Waals surface area contributed by atoms with Gasteiger partial charge in [-0.15, -0.1) is 11.3 Å². The highest BCUT2D eigenvalue weighted by atomic mass is 35.5. The maximum atomic E-state index is 14.6. The van der Waals surface area contributed by atoms with Crippen LogP contribution in [0.1, 0.15) is 27.9 Å². The molecule has 0 fully saturated rings. The highest BCUT2D eigenvalue weighted by molar-refractivity contribution is 7.16. The van der Waals surface area contributed by atoms with Crippen LogP contribution < -0.4 is 0 Å². The first-order chi connectivity index (χ1) is 57.9. The first kappa shape index (κ1) is 78.8. The van der Waals surface area contributed by atoms with Crippen molar-refractivity contribution >= 4 is 84.2 Å². The monoisotopic (exact) mass is 1650 g/mol. The molecule has 0 amide bonds. The summed E-state index contributed by atoms with van der Waals surface area (Å²) in [4.78, 5) is 48.2. The van der Waals surface area contributed by atoms with E-state index >= 15 is 0 Å². The largest absolute Gasteiger partial charge is 0.256 e. The number of pyridine rings is 10. The molecule has 17 nitrogen and oxygen atoms in total. The van der Waals surface area contributed by atoms with E-state index in [2.05, 4.69) is 95.2 Å². The maximum absolute atomic E-state index is 14.6. The summed E-state index contributed by atoms with van der Waals surface area (Å²) < 4.78 is 76.4. The van der Waals surface area contributed by atoms with Crippen LogP contribution in [-0.4, -0.2) is 83.7 Å². The SMILES string of the molecule is Cc1c(F)ccc(-c2ncccc2-c2ccc3ncsc3c2)c1F.Cc1cc2ncnn2cc1-c1cccnc1-c1cc(Cl)c(F)cc1F.Cc1cc2ncnn2cc1-c1cccnc1-c1cc(Cl)ccc1F.Cc1cc2ncnn2cc1-c1cccnc1-c1cccc(Cl)c1.Cc1cccc(-c2cccnc2-c2ccnc3ccccc23)n1. The summed E-state index contributed by atoms with van der Waals surface area (Å²) in [5.74, 6) is -3.02. The van der Waals surface area contributed by atoms with Crippen LogP contribution in [0, 0.1) is 63.7 Å². The summed E-state index contributed by atoms with van der Waals surface area (Å²) in [5, 5.41) is 14.6. The molecule has 0 radical (unpaired) electrons. The fourth-order valence-corrected chi connectivity index (χ4v) is 15.0. The molecule has 20 aromatic rings. The third-order valence-corrected chi connectivity index (χ3v) is 21.2. The fraction of sp³-hybridized carbons (Fsp3) is 0.0538. The summed E-state index contributed by atoms with van der Waals surface area (Å²) in [6, 6.07) is 63.9. The van der Waals surface area contributed by atoms with Crippen LogP contribution in [0.4, 0.5) is 22.0 Å². The van der Waals surface area contributed by atoms with Crippen LogP contribution in [0.5, 0.6) is 0 Å². The minimum Gasteiger partial charge on any atom is -0.256 e. The normalized spacial score (nSPS) is 11.1. The Bertz CT molecular complexity index is 7190. The van der Waals surface area contributed by atoms with Crippen molar-refractivity contribution in [1.82, 2.24) is 83.7 Å². The number of hydrogen-bond acceptors (Lipinski definition) is 15. The Morgan fingerprint density at radius 1 is 0.319 bits per heavy atom. The van der Waals surface area contributed by atoms with Crippen molar-refractivity contribution in [3.05, 3.63) is 365 Å². The average molecular weight is 1650 g/mol. The van der Waals surface area contributed by atoms with E-state index in [1.807, 2.05) is 191 Å². The summed E-state index contributed by atoms with van der Waals surface area (Å²) in [7, 11) is 0. The van der Waals surface area contributed by atoms with E-state index < -0.39 is 23.3 Å². The van der Waals surface area contributed by atoms with E-state index in [1.165, 1.54) is 49.9 Å². The molecule has 0 saturated heterocycles. The zero-order chi connectivity index (χ0) is 82.4. The number of benzene rings is 6. The third-order valence-electron chi connectivity index (χ3n) is 19.6. The van der Waals surface area contributed by atoms with Gasteiger partial charge in [0.2, 0.25) is 0 Å². The number of fused-ring (bicyclic) bond motifs is 5. The van der Waals surface area contributed by atoms with Gasteiger partial charge in [-0.3, -0.25) is 34.9 Å². The first-order valence-electron chi connectivity index (χ1n) is 37.0. The Balaban J connectivity index is 0.000000111. The van der Waals surface area contributed by atoms with Gasteiger partial charge in [-0.05, 0) is 196 Å². The van der Waals surface area contributed by atoms with Gasteiger partial charge in [-0.1, -0.05) is 102 Å². The van der Waals surface area contributed by atoms with Gasteiger partial charge in [0.15, 0.2) is 16.9 Å². The quantitative estimate of drug-likeness (QED) is 0.0927. The molecule has 0 aliphatic heterocycles. The molecule has 0 saturated carbocycles. The molecular weight excluding hydrogens is 1590 g/mol. The number of hydrogen-bond donors (Lipinski definition) is 0. The van der Waals surface area contributed by atoms with Crippen molar-refractivity contribution in [3.63, 3.8) is 0 Å². The predicted octanol–water partition coefficient (Wildman–Crippen LogP) is 24.0. The van der Waals surface area contributed by atoms with Gasteiger partial charge in [0.25, 0.3) is 0 Å². The van der Waals surface area contributed by atoms with Crippen LogP contribution in [0.25, 0.3) is 150 Å². The van der Waals surface area contributed by atoms with E-state index in [-0.39, 0.29) is 22.0 Å². The highest BCUT2D eigenvalue weighted by Gasteiger charge is 2.23. The van der Waals surface area contributed by atoms with Crippen molar-refractivity contribution in [3.8, 4) is 112 Å². The highest BCUT2D eigenvalue weighted by Crippen LogP contribution is 2.41. The van der Waals surface area contributed by atoms with Crippen LogP contribution in [0.3, 0.4) is 0 Å². The van der Waals surface area contributed by atoms with Gasteiger partial charge in [0.1, 0.15) is 48.1 Å². The zero-order valence-corrected chi connectivity index (χ0v) is 66.8. The molecule has 0 aliphatic rings. The molecule has 14 aromatic heterocycles. The number of halogens is 8. The van der Waals surface area contributed by atoms with Crippen LogP contribution >= 0.6 is 46.1 Å². The van der Waals surface area contributed by atoms with Gasteiger partial charge < -0.3 is 0 Å². The molecule has 0 unspecified atom stereocenters. The molecule has 20 rings (SSSR count). The molecule has 582 valence electrons. The Hall–Kier alpha value is -14.1. The Kier molecular flexibility index (Phi) is 23.0. The van der Waals surface area contributed by atoms with Crippen molar-refractivity contribution in [2.75, 3.05) is 0 Å². The van der Waals surface area contributed by atoms with Crippen LogP contribution in [0.2, 0.25) is 15.1 Å². The van der Waals surface area contributed by atoms with Crippen molar-refractivity contribution in [2.24, 2.45) is 0 Å². The Morgan fingerprint density at radius 3 is 1.44 bits per heavy atom. The standard InChI is InChI=1S/C20H15N3.C19H12F2N2S.C18H11ClF2N4.C18H12ClFN4.C18H13ClN4/c1-14-6-4-10-19(23-14)17-8-5-12-22-20(17)16-11-13-21-18-9-3-2-7-15(16)18;1-11-15(20)6-5-14(18(11)21)19-13(3-2-8-22-19)12-4-7-16-17(9-12)24-10-23-16;1-10-5-17-23-9-24-25(17)8-13(10)11-3-2-4-22-18(11)12-6-14(19)16(21)7-15(12)20;1-11-7-17-22-10-23-24(17)9-15(11)13-3-2-6-21-18(13)14-8-12(19)4-5-16(14)20;1-12-8-17-21-11-22-23(17)10-16(12)15-6-3-7-20-18(15)13-4-2-5-14(19)9-13/h2-13H,1H3;2-10H,1H3;2-9H,1H3;2-10H,1H3;2-11H,1H3. The lowest BCUT2D eigenvalue weighted by atomic mass is 9.97. The molecule has 0 spiro atoms. The maximum Gasteiger partial charge on any atom is 0.155 e. The Morgan fingerprint density at radius 2 is 0.840 bits per heavy atom. The molecule has 26 heteroatoms. The zero-order valence-electron chi connectivity index (χ0n) is 63.7. The first-order valence-corrected chi connectivity index (χ1v) is 39.0. The van der Waals surface area contributed by atoms with E-state index in [4.69, 9.17) is 34.8 Å². The lowest BCUT2D eigenvalue weighted by Gasteiger charge is -2.12. The summed E-state index contributed by atoms with van der Waals surface area (Å²) >= 11 is 19.6. The van der Waals surface area contributed by atoms with E-state index in [9.17, 15) is 22.0 Å². The van der Waals surface area contributed by atoms with Crippen LogP contribution in [0.15, 0.2) is 293 Å². The molecular formula is C93H63Cl3F5N17S. The fourth-order valence-electron chi connectivity index (χ4n) is 13.8. The second-order valence-electron chi connectivity index (χ2n) is 27.3. The van der Waals surface area contributed by atoms with Crippen molar-refractivity contribution in [2.45, 2.75) is 34.6 Å². The van der Waals surface area contributed by atoms with Crippen molar-refractivity contribution in [1.29, 1.82) is 0 Å². The number of thiazole rings is 1. The molecule has 0 N–H and O–H groups in total. The number of aryl methyl sites for hydroxylation is 4. The van der Waals surface area contributed by atoms with E-state index in [0.717, 1.165) is 134 Å². The van der Waals surface area contributed by atoms with E-state index in [0.29, 0.717) is 49.5 Å². The molecule has 0 aliphatic carbocycles. The van der Waals surface area contributed by atoms with E-state index in [1.54, 1.807) is 79.8 Å². The summed E-state index contributed by atoms with van der Waals surface area (Å²) in [6.07, 6.45) is 20.4. The van der Waals surface area contributed by atoms with Gasteiger partial charge in [0, 0.05) is 161 Å². The van der Waals surface area contributed by atoms with Gasteiger partial charge >= 0.3 is 0 Å². The number of para-hydroxylation sites is 1. The van der Waals surface area contributed by atoms with Crippen molar-refractivity contribution < 1.29 is 22.0 Å². The topological polar surface area (TPSA) is 194 Å². The molecule has 14 heterocycles. The molecule has 0 bridgehead atoms. The number of aromatic nitrogens is 17. The van der Waals surface area contributed by atoms with Crippen LogP contribution in [-0.2, 0) is 0 Å². The van der Waals surface area contributed by atoms with Gasteiger partial charge in [-0.2, -0.15) is 15.3 Å². The van der Waals surface area contributed by atoms with Gasteiger partial charge in [0.05, 0.1) is 60.4 Å². The average Bonchev–Trinajstić information content (AvgIpc) is 1.05. The predicted molar refractivity (Wildman–Crippen MR) is 460 cm³/mol. The lowest BCUT2D eigenvalue weighted by Crippen LogP contribution is -1.97. The lowest BCUT2D eigenvalue weighted by molar-refractivity contribution is 0.570. The minimum atomic E-state index is -0.805. The third kappa shape index (κ3) is 16.9. The summed E-state index contributed by atoms with van der Waals surface area (Å²) in [6.45, 7) is 9.41. The minimum absolute atomic E-state index is 0.00186. The number of rotatable bonds is 10. The Labute approximate surface area is 696 Å².